The summed E-state index contributed by atoms with van der Waals surface area (Å²) in [5.74, 6) is 0.539. The van der Waals surface area contributed by atoms with E-state index in [1.54, 1.807) is 16.2 Å². The van der Waals surface area contributed by atoms with Gasteiger partial charge in [-0.3, -0.25) is 4.98 Å². The van der Waals surface area contributed by atoms with Crippen LogP contribution in [0.25, 0.3) is 27.5 Å². The van der Waals surface area contributed by atoms with Crippen molar-refractivity contribution in [2.75, 3.05) is 0 Å². The minimum absolute atomic E-state index is 0.382. The van der Waals surface area contributed by atoms with Crippen molar-refractivity contribution < 1.29 is 5.11 Å². The third-order valence-electron chi connectivity index (χ3n) is 4.21. The molecule has 4 aromatic heterocycles. The molecule has 1 N–H and O–H groups in total. The molecule has 27 heavy (non-hydrogen) atoms. The van der Waals surface area contributed by atoms with E-state index in [0.717, 1.165) is 44.6 Å². The maximum Gasteiger partial charge on any atom is 0.359 e. The minimum Gasteiger partial charge on any atom is -0.514 e. The highest BCUT2D eigenvalue weighted by Crippen LogP contribution is 2.30. The van der Waals surface area contributed by atoms with Gasteiger partial charge < -0.3 is 5.11 Å². The van der Waals surface area contributed by atoms with Crippen LogP contribution in [0.5, 0.6) is 0 Å². The first-order valence-corrected chi connectivity index (χ1v) is 10.1. The summed E-state index contributed by atoms with van der Waals surface area (Å²) in [6, 6.07) is 3.88. The zero-order valence-corrected chi connectivity index (χ0v) is 16.8. The van der Waals surface area contributed by atoms with E-state index in [-0.39, 0.29) is 5.69 Å². The highest BCUT2D eigenvalue weighted by molar-refractivity contribution is 7.98. The normalized spacial score (nSPS) is 12.7. The van der Waals surface area contributed by atoms with Crippen LogP contribution in [0.15, 0.2) is 34.2 Å². The maximum atomic E-state index is 12.7. The zero-order chi connectivity index (χ0) is 19.1. The standard InChI is InChI=1S/C19H18N4O2S2/c1-10(2)6-12-7-11(3)14(8-21-12)27-23-13-4-5-20-18-16(13)17(22-19(23)25)15(9-24)26-18/h4-5,7-10,24H,6H2,1-3H3. The Kier molecular flexibility index (Phi) is 4.61. The number of nitrogens with zero attached hydrogens (tertiary/aromatic N) is 4. The fourth-order valence-corrected chi connectivity index (χ4v) is 4.83. The Bertz CT molecular complexity index is 1260. The number of aryl methyl sites for hydroxylation is 1. The van der Waals surface area contributed by atoms with Gasteiger partial charge in [-0.1, -0.05) is 13.8 Å². The van der Waals surface area contributed by atoms with Crippen LogP contribution in [0.2, 0.25) is 0 Å². The van der Waals surface area contributed by atoms with E-state index in [1.807, 2.05) is 13.1 Å². The van der Waals surface area contributed by atoms with Gasteiger partial charge in [0.25, 0.3) is 0 Å². The fraction of sp³-hybridized carbons (Fsp3) is 0.263. The number of thiophene rings is 1. The lowest BCUT2D eigenvalue weighted by molar-refractivity contribution is 0.542. The quantitative estimate of drug-likeness (QED) is 0.567. The third-order valence-corrected chi connectivity index (χ3v) is 6.40. The lowest BCUT2D eigenvalue weighted by Crippen LogP contribution is -2.20. The molecule has 0 amide bonds. The second-order valence-electron chi connectivity index (χ2n) is 6.77. The van der Waals surface area contributed by atoms with E-state index < -0.39 is 0 Å². The molecule has 0 bridgehead atoms. The van der Waals surface area contributed by atoms with Crippen molar-refractivity contribution in [1.82, 2.24) is 18.9 Å². The summed E-state index contributed by atoms with van der Waals surface area (Å²) in [6.45, 7) is 6.36. The van der Waals surface area contributed by atoms with E-state index in [9.17, 15) is 9.90 Å². The molecule has 0 aliphatic carbocycles. The Morgan fingerprint density at radius 2 is 2.19 bits per heavy atom. The molecule has 8 heteroatoms. The molecule has 6 nitrogen and oxygen atoms in total. The molecule has 0 aromatic carbocycles. The van der Waals surface area contributed by atoms with Crippen LogP contribution in [0.1, 0.15) is 25.1 Å². The minimum atomic E-state index is -0.382. The summed E-state index contributed by atoms with van der Waals surface area (Å²) in [5.41, 5.74) is 2.96. The second kappa shape index (κ2) is 6.94. The molecule has 138 valence electrons. The number of hydrogen-bond acceptors (Lipinski definition) is 7. The highest BCUT2D eigenvalue weighted by Gasteiger charge is 2.16. The lowest BCUT2D eigenvalue weighted by Gasteiger charge is -2.11. The maximum absolute atomic E-state index is 12.7. The van der Waals surface area contributed by atoms with Crippen LogP contribution < -0.4 is 10.2 Å². The summed E-state index contributed by atoms with van der Waals surface area (Å²) in [6.07, 6.45) is 5.39. The Labute approximate surface area is 163 Å². The second-order valence-corrected chi connectivity index (χ2v) is 8.79. The summed E-state index contributed by atoms with van der Waals surface area (Å²) in [4.78, 5) is 27.4. The van der Waals surface area contributed by atoms with Gasteiger partial charge in [0, 0.05) is 18.1 Å². The van der Waals surface area contributed by atoms with Gasteiger partial charge in [-0.15, -0.1) is 11.3 Å². The van der Waals surface area contributed by atoms with Gasteiger partial charge in [-0.2, -0.15) is 4.98 Å². The first-order valence-electron chi connectivity index (χ1n) is 8.56. The predicted octanol–water partition coefficient (Wildman–Crippen LogP) is 3.48. The molecule has 0 radical (unpaired) electrons. The van der Waals surface area contributed by atoms with Gasteiger partial charge in [-0.05, 0) is 48.9 Å². The molecule has 0 spiro atoms. The van der Waals surface area contributed by atoms with Crippen molar-refractivity contribution in [3.8, 4) is 0 Å². The van der Waals surface area contributed by atoms with Gasteiger partial charge in [0.1, 0.15) is 10.3 Å². The summed E-state index contributed by atoms with van der Waals surface area (Å²) < 4.78 is 2.11. The van der Waals surface area contributed by atoms with Gasteiger partial charge in [0.05, 0.1) is 26.6 Å². The fourth-order valence-electron chi connectivity index (χ4n) is 3.03. The summed E-state index contributed by atoms with van der Waals surface area (Å²) in [7, 11) is 0. The number of pyridine rings is 2. The first-order chi connectivity index (χ1) is 13.0. The van der Waals surface area contributed by atoms with E-state index in [4.69, 9.17) is 0 Å². The van der Waals surface area contributed by atoms with Crippen molar-refractivity contribution in [2.45, 2.75) is 32.1 Å². The van der Waals surface area contributed by atoms with Gasteiger partial charge in [0.15, 0.2) is 0 Å². The molecule has 0 atom stereocenters. The monoisotopic (exact) mass is 398 g/mol. The smallest absolute Gasteiger partial charge is 0.359 e. The van der Waals surface area contributed by atoms with E-state index >= 15 is 0 Å². The van der Waals surface area contributed by atoms with Gasteiger partial charge in [0.2, 0.25) is 0 Å². The number of aliphatic hydroxyl groups is 1. The average molecular weight is 399 g/mol. The van der Waals surface area contributed by atoms with Gasteiger partial charge in [-0.25, -0.2) is 13.8 Å². The summed E-state index contributed by atoms with van der Waals surface area (Å²) >= 11 is 2.62. The van der Waals surface area contributed by atoms with E-state index in [1.165, 1.54) is 23.3 Å². The molecule has 0 saturated heterocycles. The van der Waals surface area contributed by atoms with Crippen molar-refractivity contribution in [2.24, 2.45) is 5.92 Å². The number of hydrogen-bond donors (Lipinski definition) is 1. The molecule has 4 rings (SSSR count). The molecule has 0 unspecified atom stereocenters. The van der Waals surface area contributed by atoms with E-state index in [2.05, 4.69) is 34.9 Å². The topological polar surface area (TPSA) is 80.9 Å². The number of rotatable bonds is 4. The summed E-state index contributed by atoms with van der Waals surface area (Å²) in [5, 5.41) is 10.2. The molecule has 4 heterocycles. The lowest BCUT2D eigenvalue weighted by atomic mass is 10.1. The Morgan fingerprint density at radius 3 is 2.89 bits per heavy atom. The molecule has 0 aliphatic heterocycles. The third kappa shape index (κ3) is 3.19. The van der Waals surface area contributed by atoms with E-state index in [0.29, 0.717) is 16.0 Å². The average Bonchev–Trinajstić information content (AvgIpc) is 2.98. The van der Waals surface area contributed by atoms with Crippen molar-refractivity contribution in [3.63, 3.8) is 0 Å². The molecular weight excluding hydrogens is 380 g/mol. The molecular formula is C19H18N4O2S2. The van der Waals surface area contributed by atoms with Crippen molar-refractivity contribution in [3.05, 3.63) is 50.8 Å². The Balaban J connectivity index is 1.85. The van der Waals surface area contributed by atoms with Crippen LogP contribution in [-0.2, 0) is 6.42 Å². The van der Waals surface area contributed by atoms with Crippen molar-refractivity contribution >= 4 is 50.8 Å². The molecule has 0 aliphatic rings. The highest BCUT2D eigenvalue weighted by atomic mass is 32.2. The molecule has 4 aromatic rings. The number of aromatic nitrogens is 4. The van der Waals surface area contributed by atoms with Crippen LogP contribution >= 0.6 is 23.3 Å². The Hall–Kier alpha value is -2.45. The molecule has 0 fully saturated rings. The molecule has 0 saturated carbocycles. The SMILES string of the molecule is Cc1cc(CC(C)C)ncc1Sn1c(=O)nc2c(=CO)sc3nccc1c32. The van der Waals surface area contributed by atoms with Crippen LogP contribution in [0.4, 0.5) is 0 Å². The van der Waals surface area contributed by atoms with Crippen LogP contribution in [0, 0.1) is 12.8 Å². The largest absolute Gasteiger partial charge is 0.514 e. The van der Waals surface area contributed by atoms with Gasteiger partial charge >= 0.3 is 5.69 Å². The Morgan fingerprint density at radius 1 is 1.37 bits per heavy atom. The van der Waals surface area contributed by atoms with Crippen molar-refractivity contribution in [1.29, 1.82) is 0 Å². The predicted molar refractivity (Wildman–Crippen MR) is 110 cm³/mol. The zero-order valence-electron chi connectivity index (χ0n) is 15.1. The van der Waals surface area contributed by atoms with Crippen LogP contribution in [0.3, 0.4) is 0 Å². The van der Waals surface area contributed by atoms with Crippen LogP contribution in [-0.4, -0.2) is 24.0 Å². The number of aliphatic hydroxyl groups excluding tert-OH is 1. The first kappa shape index (κ1) is 17.9.